The second-order valence-corrected chi connectivity index (χ2v) is 21.4. The molecule has 1 saturated heterocycles. The number of nitrogens with one attached hydrogen (secondary N) is 1. The van der Waals surface area contributed by atoms with Gasteiger partial charge in [-0.3, -0.25) is 4.79 Å². The summed E-state index contributed by atoms with van der Waals surface area (Å²) in [5.74, 6) is -0.700. The van der Waals surface area contributed by atoms with Crippen LogP contribution in [0.15, 0.2) is 12.2 Å². The highest BCUT2D eigenvalue weighted by molar-refractivity contribution is 5.80. The average molecular weight is 999 g/mol. The average Bonchev–Trinajstić information content (AvgIpc) is 3.36. The van der Waals surface area contributed by atoms with E-state index in [1.54, 1.807) is 0 Å². The minimum absolute atomic E-state index is 0.259. The molecule has 1 fully saturated rings. The number of rotatable bonds is 52. The van der Waals surface area contributed by atoms with Crippen molar-refractivity contribution in [1.29, 1.82) is 0 Å². The number of carbonyl (C=O) groups is 1. The summed E-state index contributed by atoms with van der Waals surface area (Å²) in [6.45, 7) is 3.48. The van der Waals surface area contributed by atoms with Gasteiger partial charge in [0.05, 0.1) is 25.4 Å². The topological polar surface area (TPSA) is 189 Å². The molecule has 8 N–H and O–H groups in total. The molecule has 0 aromatic rings. The molecule has 1 amide bonds. The standard InChI is InChI=1S/C59H115NO10/c1-3-5-7-9-11-13-15-17-19-21-23-24-25-26-27-28-29-31-32-34-36-38-40-42-44-46-51(62)54(64)50(49-69-59-57(67)56(66)55(65)53(48-61)70-59)60-58(68)52(63)47-45-43-41-39-37-35-33-30-22-20-18-16-14-12-10-8-6-4-2/h38,40,50-57,59,61-67H,3-37,39,41-49H2,1-2H3,(H,60,68)/b40-38+. The van der Waals surface area contributed by atoms with Crippen LogP contribution in [0.4, 0.5) is 0 Å². The van der Waals surface area contributed by atoms with Crippen LogP contribution in [0.5, 0.6) is 0 Å². The van der Waals surface area contributed by atoms with Crippen LogP contribution in [0.1, 0.15) is 290 Å². The second kappa shape index (κ2) is 48.8. The molecule has 11 nitrogen and oxygen atoms in total. The number of carbonyl (C=O) groups excluding carboxylic acids is 1. The Labute approximate surface area is 430 Å². The van der Waals surface area contributed by atoms with E-state index in [-0.39, 0.29) is 12.8 Å². The van der Waals surface area contributed by atoms with E-state index >= 15 is 0 Å². The van der Waals surface area contributed by atoms with Crippen molar-refractivity contribution in [2.24, 2.45) is 0 Å². The lowest BCUT2D eigenvalue weighted by Crippen LogP contribution is -2.60. The first-order valence-electron chi connectivity index (χ1n) is 30.1. The van der Waals surface area contributed by atoms with Gasteiger partial charge in [0.2, 0.25) is 5.91 Å². The van der Waals surface area contributed by atoms with Gasteiger partial charge < -0.3 is 50.5 Å². The lowest BCUT2D eigenvalue weighted by atomic mass is 9.98. The Balaban J connectivity index is 2.30. The highest BCUT2D eigenvalue weighted by atomic mass is 16.7. The summed E-state index contributed by atoms with van der Waals surface area (Å²) in [6.07, 6.45) is 45.6. The van der Waals surface area contributed by atoms with Crippen LogP contribution in [-0.2, 0) is 14.3 Å². The smallest absolute Gasteiger partial charge is 0.249 e. The van der Waals surface area contributed by atoms with E-state index in [9.17, 15) is 40.5 Å². The lowest BCUT2D eigenvalue weighted by molar-refractivity contribution is -0.303. The van der Waals surface area contributed by atoms with Gasteiger partial charge in [-0.05, 0) is 38.5 Å². The predicted molar refractivity (Wildman–Crippen MR) is 289 cm³/mol. The summed E-state index contributed by atoms with van der Waals surface area (Å²) in [7, 11) is 0. The molecule has 9 atom stereocenters. The van der Waals surface area contributed by atoms with E-state index < -0.39 is 74.2 Å². The molecule has 0 aromatic heterocycles. The fourth-order valence-electron chi connectivity index (χ4n) is 9.92. The summed E-state index contributed by atoms with van der Waals surface area (Å²) in [5, 5.41) is 76.2. The van der Waals surface area contributed by atoms with Crippen molar-refractivity contribution >= 4 is 5.91 Å². The summed E-state index contributed by atoms with van der Waals surface area (Å²) < 4.78 is 11.1. The first-order valence-corrected chi connectivity index (χ1v) is 30.1. The summed E-state index contributed by atoms with van der Waals surface area (Å²) in [5.41, 5.74) is 0. The van der Waals surface area contributed by atoms with Crippen LogP contribution < -0.4 is 5.32 Å². The molecule has 0 aromatic carbocycles. The third kappa shape index (κ3) is 36.7. The van der Waals surface area contributed by atoms with Gasteiger partial charge in [0.1, 0.15) is 36.6 Å². The first kappa shape index (κ1) is 66.9. The molecular formula is C59H115NO10. The molecule has 11 heteroatoms. The largest absolute Gasteiger partial charge is 0.394 e. The van der Waals surface area contributed by atoms with Gasteiger partial charge in [0.25, 0.3) is 0 Å². The summed E-state index contributed by atoms with van der Waals surface area (Å²) >= 11 is 0. The molecule has 70 heavy (non-hydrogen) atoms. The van der Waals surface area contributed by atoms with Gasteiger partial charge >= 0.3 is 0 Å². The summed E-state index contributed by atoms with van der Waals surface area (Å²) in [6, 6.07) is -1.18. The molecule has 0 aliphatic carbocycles. The molecule has 1 aliphatic heterocycles. The molecule has 1 aliphatic rings. The second-order valence-electron chi connectivity index (χ2n) is 21.4. The molecule has 9 unspecified atom stereocenters. The third-order valence-corrected chi connectivity index (χ3v) is 14.8. The Bertz CT molecular complexity index is 1140. The van der Waals surface area contributed by atoms with Crippen LogP contribution in [0.3, 0.4) is 0 Å². The molecule has 0 saturated carbocycles. The molecule has 1 heterocycles. The Hall–Kier alpha value is -1.15. The van der Waals surface area contributed by atoms with Gasteiger partial charge in [0.15, 0.2) is 6.29 Å². The Morgan fingerprint density at radius 2 is 0.843 bits per heavy atom. The maximum absolute atomic E-state index is 13.2. The molecule has 0 radical (unpaired) electrons. The van der Waals surface area contributed by atoms with E-state index in [4.69, 9.17) is 9.47 Å². The van der Waals surface area contributed by atoms with Crippen molar-refractivity contribution in [3.63, 3.8) is 0 Å². The van der Waals surface area contributed by atoms with Crippen LogP contribution in [0.25, 0.3) is 0 Å². The van der Waals surface area contributed by atoms with E-state index in [1.165, 1.54) is 212 Å². The summed E-state index contributed by atoms with van der Waals surface area (Å²) in [4.78, 5) is 13.2. The van der Waals surface area contributed by atoms with Crippen molar-refractivity contribution in [3.8, 4) is 0 Å². The number of aliphatic hydroxyl groups excluding tert-OH is 7. The van der Waals surface area contributed by atoms with Crippen molar-refractivity contribution in [2.75, 3.05) is 13.2 Å². The van der Waals surface area contributed by atoms with Crippen LogP contribution in [0, 0.1) is 0 Å². The first-order chi connectivity index (χ1) is 34.2. The third-order valence-electron chi connectivity index (χ3n) is 14.8. The Morgan fingerprint density at radius 3 is 1.23 bits per heavy atom. The van der Waals surface area contributed by atoms with Crippen molar-refractivity contribution in [1.82, 2.24) is 5.32 Å². The normalized spacial score (nSPS) is 20.3. The number of amides is 1. The van der Waals surface area contributed by atoms with E-state index in [1.807, 2.05) is 0 Å². The van der Waals surface area contributed by atoms with Gasteiger partial charge in [-0.15, -0.1) is 0 Å². The zero-order valence-corrected chi connectivity index (χ0v) is 45.5. The Morgan fingerprint density at radius 1 is 0.486 bits per heavy atom. The SMILES string of the molecule is CCCCCCCCCCCCCCCCCCCCCC/C=C/CCCC(O)C(O)C(COC1OC(CO)C(O)C(O)C1O)NC(=O)C(O)CCCCCCCCCCCCCCCCCCCC. The Kier molecular flexibility index (Phi) is 46.6. The quantitative estimate of drug-likeness (QED) is 0.0215. The van der Waals surface area contributed by atoms with Crippen LogP contribution in [-0.4, -0.2) is 110 Å². The predicted octanol–water partition coefficient (Wildman–Crippen LogP) is 12.7. The zero-order valence-electron chi connectivity index (χ0n) is 45.5. The van der Waals surface area contributed by atoms with Gasteiger partial charge in [0, 0.05) is 0 Å². The molecule has 1 rings (SSSR count). The number of aliphatic hydroxyl groups is 7. The highest BCUT2D eigenvalue weighted by Gasteiger charge is 2.44. The minimum Gasteiger partial charge on any atom is -0.394 e. The van der Waals surface area contributed by atoms with E-state index in [2.05, 4.69) is 31.3 Å². The number of ether oxygens (including phenoxy) is 2. The molecular weight excluding hydrogens is 883 g/mol. The van der Waals surface area contributed by atoms with Gasteiger partial charge in [-0.25, -0.2) is 0 Å². The molecule has 0 spiro atoms. The van der Waals surface area contributed by atoms with E-state index in [0.717, 1.165) is 38.5 Å². The zero-order chi connectivity index (χ0) is 51.1. The number of allylic oxidation sites excluding steroid dienone is 2. The van der Waals surface area contributed by atoms with Crippen LogP contribution in [0.2, 0.25) is 0 Å². The van der Waals surface area contributed by atoms with Crippen molar-refractivity contribution < 1.29 is 50.0 Å². The lowest BCUT2D eigenvalue weighted by Gasteiger charge is -2.40. The van der Waals surface area contributed by atoms with Gasteiger partial charge in [-0.1, -0.05) is 264 Å². The number of unbranched alkanes of at least 4 members (excludes halogenated alkanes) is 38. The molecule has 416 valence electrons. The fourth-order valence-corrected chi connectivity index (χ4v) is 9.92. The van der Waals surface area contributed by atoms with E-state index in [0.29, 0.717) is 12.8 Å². The minimum atomic E-state index is -1.67. The monoisotopic (exact) mass is 998 g/mol. The number of hydrogen-bond acceptors (Lipinski definition) is 10. The number of hydrogen-bond donors (Lipinski definition) is 8. The van der Waals surface area contributed by atoms with Crippen molar-refractivity contribution in [3.05, 3.63) is 12.2 Å². The van der Waals surface area contributed by atoms with Crippen molar-refractivity contribution in [2.45, 2.75) is 345 Å². The highest BCUT2D eigenvalue weighted by Crippen LogP contribution is 2.23. The fraction of sp³-hybridized carbons (Fsp3) is 0.949. The maximum atomic E-state index is 13.2. The molecule has 0 bridgehead atoms. The van der Waals surface area contributed by atoms with Gasteiger partial charge in [-0.2, -0.15) is 0 Å². The van der Waals surface area contributed by atoms with Crippen LogP contribution >= 0.6 is 0 Å². The maximum Gasteiger partial charge on any atom is 0.249 e.